The van der Waals surface area contributed by atoms with Gasteiger partial charge in [0, 0.05) is 37.9 Å². The Bertz CT molecular complexity index is 814. The van der Waals surface area contributed by atoms with Gasteiger partial charge >= 0.3 is 0 Å². The first-order valence-electron chi connectivity index (χ1n) is 10.2. The predicted octanol–water partition coefficient (Wildman–Crippen LogP) is 3.85. The highest BCUT2D eigenvalue weighted by molar-refractivity contribution is 5.79. The molecule has 0 amide bonds. The molecule has 1 aliphatic rings. The van der Waals surface area contributed by atoms with Crippen LogP contribution in [0, 0.1) is 17.6 Å². The molecule has 0 bridgehead atoms. The molecular weight excluding hydrogens is 372 g/mol. The van der Waals surface area contributed by atoms with Gasteiger partial charge in [-0.2, -0.15) is 0 Å². The lowest BCUT2D eigenvalue weighted by molar-refractivity contribution is 0.436. The van der Waals surface area contributed by atoms with E-state index in [9.17, 15) is 8.78 Å². The van der Waals surface area contributed by atoms with E-state index in [4.69, 9.17) is 0 Å². The molecule has 1 saturated heterocycles. The second-order valence-electron chi connectivity index (χ2n) is 7.48. The van der Waals surface area contributed by atoms with Crippen LogP contribution in [0.3, 0.4) is 0 Å². The van der Waals surface area contributed by atoms with Crippen molar-refractivity contribution >= 4 is 11.8 Å². The number of rotatable bonds is 6. The monoisotopic (exact) mass is 401 g/mol. The van der Waals surface area contributed by atoms with Crippen LogP contribution >= 0.6 is 0 Å². The van der Waals surface area contributed by atoms with Crippen LogP contribution in [0.25, 0.3) is 0 Å². The molecule has 1 aromatic carbocycles. The largest absolute Gasteiger partial charge is 0.357 e. The summed E-state index contributed by atoms with van der Waals surface area (Å²) >= 11 is 0. The molecule has 0 atom stereocenters. The van der Waals surface area contributed by atoms with Crippen LogP contribution in [0.15, 0.2) is 41.5 Å². The third-order valence-electron chi connectivity index (χ3n) is 5.13. The molecule has 2 N–H and O–H groups in total. The first kappa shape index (κ1) is 21.0. The van der Waals surface area contributed by atoms with Crippen LogP contribution in [0.1, 0.15) is 37.8 Å². The molecule has 0 aliphatic carbocycles. The third-order valence-corrected chi connectivity index (χ3v) is 5.13. The van der Waals surface area contributed by atoms with E-state index in [1.807, 2.05) is 25.3 Å². The first-order chi connectivity index (χ1) is 14.0. The normalized spacial score (nSPS) is 15.4. The fourth-order valence-corrected chi connectivity index (χ4v) is 3.30. The van der Waals surface area contributed by atoms with Crippen molar-refractivity contribution in [3.63, 3.8) is 0 Å². The van der Waals surface area contributed by atoms with Crippen LogP contribution in [-0.4, -0.2) is 30.6 Å². The fraction of sp³-hybridized carbons (Fsp3) is 0.455. The Kier molecular flexibility index (Phi) is 7.38. The lowest BCUT2D eigenvalue weighted by Gasteiger charge is -2.31. The van der Waals surface area contributed by atoms with Gasteiger partial charge in [0.25, 0.3) is 0 Å². The number of halogens is 2. The molecule has 29 heavy (non-hydrogen) atoms. The number of aromatic nitrogens is 1. The van der Waals surface area contributed by atoms with E-state index in [1.165, 1.54) is 18.9 Å². The quantitative estimate of drug-likeness (QED) is 0.570. The van der Waals surface area contributed by atoms with Crippen LogP contribution in [0.4, 0.5) is 14.6 Å². The number of benzene rings is 1. The van der Waals surface area contributed by atoms with E-state index in [2.05, 4.69) is 32.4 Å². The van der Waals surface area contributed by atoms with Gasteiger partial charge in [-0.3, -0.25) is 0 Å². The van der Waals surface area contributed by atoms with Crippen molar-refractivity contribution in [3.8, 4) is 0 Å². The topological polar surface area (TPSA) is 52.6 Å². The van der Waals surface area contributed by atoms with E-state index >= 15 is 0 Å². The number of nitrogens with one attached hydrogen (secondary N) is 2. The SMILES string of the molecule is CCNC(=NCc1ccc(N2CCC(C)CC2)nc1)NCc1cc(F)ccc1F. The van der Waals surface area contributed by atoms with Crippen molar-refractivity contribution in [1.82, 2.24) is 15.6 Å². The first-order valence-corrected chi connectivity index (χ1v) is 10.2. The van der Waals surface area contributed by atoms with Gasteiger partial charge in [0.2, 0.25) is 0 Å². The second kappa shape index (κ2) is 10.2. The Morgan fingerprint density at radius 3 is 2.66 bits per heavy atom. The van der Waals surface area contributed by atoms with Crippen LogP contribution < -0.4 is 15.5 Å². The average molecular weight is 402 g/mol. The predicted molar refractivity (Wildman–Crippen MR) is 113 cm³/mol. The van der Waals surface area contributed by atoms with Crippen molar-refractivity contribution in [1.29, 1.82) is 0 Å². The molecular formula is C22H29F2N5. The highest BCUT2D eigenvalue weighted by Crippen LogP contribution is 2.21. The maximum atomic E-state index is 13.8. The minimum Gasteiger partial charge on any atom is -0.357 e. The van der Waals surface area contributed by atoms with Crippen molar-refractivity contribution < 1.29 is 8.78 Å². The molecule has 0 saturated carbocycles. The molecule has 5 nitrogen and oxygen atoms in total. The minimum absolute atomic E-state index is 0.153. The molecule has 0 unspecified atom stereocenters. The highest BCUT2D eigenvalue weighted by atomic mass is 19.1. The molecule has 1 fully saturated rings. The maximum absolute atomic E-state index is 13.8. The Hall–Kier alpha value is -2.70. The maximum Gasteiger partial charge on any atom is 0.191 e. The van der Waals surface area contributed by atoms with Gasteiger partial charge in [-0.1, -0.05) is 13.0 Å². The zero-order chi connectivity index (χ0) is 20.6. The standard InChI is InChI=1S/C22H29F2N5/c1-3-25-22(28-15-18-12-19(23)5-6-20(18)24)27-14-17-4-7-21(26-13-17)29-10-8-16(2)9-11-29/h4-7,12-13,16H,3,8-11,14-15H2,1-2H3,(H2,25,27,28). The van der Waals surface area contributed by atoms with Gasteiger partial charge in [0.1, 0.15) is 17.5 Å². The number of hydrogen-bond donors (Lipinski definition) is 2. The van der Waals surface area contributed by atoms with E-state index in [0.717, 1.165) is 42.5 Å². The Labute approximate surface area is 171 Å². The second-order valence-corrected chi connectivity index (χ2v) is 7.48. The summed E-state index contributed by atoms with van der Waals surface area (Å²) < 4.78 is 27.1. The summed E-state index contributed by atoms with van der Waals surface area (Å²) in [5.41, 5.74) is 1.26. The highest BCUT2D eigenvalue weighted by Gasteiger charge is 2.16. The Morgan fingerprint density at radius 2 is 1.97 bits per heavy atom. The molecule has 3 rings (SSSR count). The van der Waals surface area contributed by atoms with Gasteiger partial charge in [-0.05, 0) is 55.5 Å². The third kappa shape index (κ3) is 6.14. The average Bonchev–Trinajstić information content (AvgIpc) is 2.73. The summed E-state index contributed by atoms with van der Waals surface area (Å²) in [6.07, 6.45) is 4.27. The molecule has 0 spiro atoms. The van der Waals surface area contributed by atoms with Crippen LogP contribution in [0.5, 0.6) is 0 Å². The molecule has 1 aliphatic heterocycles. The molecule has 2 heterocycles. The number of hydrogen-bond acceptors (Lipinski definition) is 3. The van der Waals surface area contributed by atoms with Crippen molar-refractivity contribution in [2.45, 2.75) is 39.8 Å². The molecule has 0 radical (unpaired) electrons. The summed E-state index contributed by atoms with van der Waals surface area (Å²) in [5, 5.41) is 6.16. The van der Waals surface area contributed by atoms with Gasteiger partial charge in [-0.15, -0.1) is 0 Å². The Morgan fingerprint density at radius 1 is 1.17 bits per heavy atom. The molecule has 1 aromatic heterocycles. The van der Waals surface area contributed by atoms with E-state index < -0.39 is 11.6 Å². The lowest BCUT2D eigenvalue weighted by Crippen LogP contribution is -2.37. The van der Waals surface area contributed by atoms with E-state index in [1.54, 1.807) is 0 Å². The van der Waals surface area contributed by atoms with Gasteiger partial charge < -0.3 is 15.5 Å². The van der Waals surface area contributed by atoms with Gasteiger partial charge in [0.05, 0.1) is 6.54 Å². The zero-order valence-electron chi connectivity index (χ0n) is 17.1. The smallest absolute Gasteiger partial charge is 0.191 e. The zero-order valence-corrected chi connectivity index (χ0v) is 17.1. The molecule has 2 aromatic rings. The van der Waals surface area contributed by atoms with Crippen molar-refractivity contribution in [2.75, 3.05) is 24.5 Å². The van der Waals surface area contributed by atoms with Crippen LogP contribution in [-0.2, 0) is 13.1 Å². The number of guanidine groups is 1. The summed E-state index contributed by atoms with van der Waals surface area (Å²) in [6.45, 7) is 7.63. The summed E-state index contributed by atoms with van der Waals surface area (Å²) in [4.78, 5) is 11.4. The summed E-state index contributed by atoms with van der Waals surface area (Å²) in [5.74, 6) is 1.44. The van der Waals surface area contributed by atoms with Gasteiger partial charge in [-0.25, -0.2) is 18.8 Å². The number of pyridine rings is 1. The molecule has 7 heteroatoms. The number of nitrogens with zero attached hydrogens (tertiary/aromatic N) is 3. The lowest BCUT2D eigenvalue weighted by atomic mass is 9.99. The van der Waals surface area contributed by atoms with Gasteiger partial charge in [0.15, 0.2) is 5.96 Å². The van der Waals surface area contributed by atoms with E-state index in [0.29, 0.717) is 19.0 Å². The van der Waals surface area contributed by atoms with Crippen LogP contribution in [0.2, 0.25) is 0 Å². The summed E-state index contributed by atoms with van der Waals surface area (Å²) in [6, 6.07) is 7.52. The number of anilines is 1. The van der Waals surface area contributed by atoms with Crippen molar-refractivity contribution in [3.05, 3.63) is 59.3 Å². The van der Waals surface area contributed by atoms with E-state index in [-0.39, 0.29) is 12.1 Å². The number of aliphatic imine (C=N–C) groups is 1. The number of piperidine rings is 1. The minimum atomic E-state index is -0.459. The fourth-order valence-electron chi connectivity index (χ4n) is 3.30. The summed E-state index contributed by atoms with van der Waals surface area (Å²) in [7, 11) is 0. The molecule has 156 valence electrons. The Balaban J connectivity index is 1.58. The van der Waals surface area contributed by atoms with Crippen molar-refractivity contribution in [2.24, 2.45) is 10.9 Å².